The number of halogens is 1. The molecule has 1 aliphatic rings. The van der Waals surface area contributed by atoms with Crippen LogP contribution >= 0.6 is 0 Å². The number of pyridine rings is 3. The van der Waals surface area contributed by atoms with Gasteiger partial charge in [0.15, 0.2) is 5.65 Å². The van der Waals surface area contributed by atoms with Crippen molar-refractivity contribution in [2.45, 2.75) is 39.7 Å². The van der Waals surface area contributed by atoms with Gasteiger partial charge in [-0.2, -0.15) is 5.10 Å². The number of nitrogens with zero attached hydrogens (tertiary/aromatic N) is 7. The molecule has 0 bridgehead atoms. The lowest BCUT2D eigenvalue weighted by atomic mass is 9.99. The zero-order valence-corrected chi connectivity index (χ0v) is 25.5. The Kier molecular flexibility index (Phi) is 7.64. The second kappa shape index (κ2) is 11.5. The molecule has 0 aliphatic carbocycles. The summed E-state index contributed by atoms with van der Waals surface area (Å²) in [6.07, 6.45) is 1.91. The maximum atomic E-state index is 16.5. The fourth-order valence-electron chi connectivity index (χ4n) is 6.30. The smallest absolute Gasteiger partial charge is 0.407 e. The molecule has 1 atom stereocenters. The van der Waals surface area contributed by atoms with Crippen molar-refractivity contribution in [2.24, 2.45) is 0 Å². The standard InChI is InChI=1S/C31H31FN8O6/c1-15(2)24-26(17(4)7-8-33-24)39-29-19(11-21(32)25(35-29)23-16(3)5-6-22-20(23)12-34-36-22)27(28(30(39)42)40(45)46)38-10-9-37(31(43)44)13-18(38)14-41/h5-8,11-12,15,18,41H,9-10,13-14H2,1-4H3,(H,34,36)(H,43,44)/t18-/m1/s1. The van der Waals surface area contributed by atoms with Gasteiger partial charge in [0.05, 0.1) is 46.1 Å². The highest BCUT2D eigenvalue weighted by molar-refractivity contribution is 6.00. The van der Waals surface area contributed by atoms with Gasteiger partial charge in [-0.1, -0.05) is 19.9 Å². The number of hydrogen-bond acceptors (Lipinski definition) is 9. The molecule has 14 nitrogen and oxygen atoms in total. The van der Waals surface area contributed by atoms with Crippen molar-refractivity contribution in [1.82, 2.24) is 29.6 Å². The Hall–Kier alpha value is -5.44. The number of aromatic amines is 1. The number of aliphatic hydroxyl groups is 1. The molecule has 1 aromatic carbocycles. The Balaban J connectivity index is 1.78. The Labute approximate surface area is 260 Å². The third-order valence-electron chi connectivity index (χ3n) is 8.48. The molecule has 0 radical (unpaired) electrons. The molecular formula is C31H31FN8O6. The van der Waals surface area contributed by atoms with E-state index in [0.717, 1.165) is 15.5 Å². The molecule has 6 rings (SSSR count). The number of hydrogen-bond donors (Lipinski definition) is 3. The summed E-state index contributed by atoms with van der Waals surface area (Å²) in [5.74, 6) is -1.01. The first-order valence-corrected chi connectivity index (χ1v) is 14.6. The number of aliphatic hydroxyl groups excluding tert-OH is 1. The summed E-state index contributed by atoms with van der Waals surface area (Å²) in [5.41, 5.74) is 0.846. The van der Waals surface area contributed by atoms with Gasteiger partial charge in [-0.05, 0) is 49.1 Å². The number of aryl methyl sites for hydroxylation is 2. The van der Waals surface area contributed by atoms with Crippen molar-refractivity contribution >= 4 is 39.4 Å². The van der Waals surface area contributed by atoms with Crippen LogP contribution in [-0.2, 0) is 0 Å². The lowest BCUT2D eigenvalue weighted by molar-refractivity contribution is -0.385. The third-order valence-corrected chi connectivity index (χ3v) is 8.48. The van der Waals surface area contributed by atoms with Crippen molar-refractivity contribution in [1.29, 1.82) is 0 Å². The summed E-state index contributed by atoms with van der Waals surface area (Å²) >= 11 is 0. The highest BCUT2D eigenvalue weighted by Gasteiger charge is 2.38. The van der Waals surface area contributed by atoms with E-state index in [0.29, 0.717) is 39.0 Å². The van der Waals surface area contributed by atoms with Gasteiger partial charge in [0, 0.05) is 36.8 Å². The van der Waals surface area contributed by atoms with Crippen LogP contribution in [0, 0.1) is 29.8 Å². The number of aromatic nitrogens is 5. The number of amides is 1. The Morgan fingerprint density at radius 1 is 1.17 bits per heavy atom. The molecule has 238 valence electrons. The fraction of sp³-hybridized carbons (Fsp3) is 0.323. The zero-order chi connectivity index (χ0) is 33.0. The van der Waals surface area contributed by atoms with Crippen LogP contribution in [0.1, 0.15) is 36.6 Å². The number of fused-ring (bicyclic) bond motifs is 2. The molecule has 0 spiro atoms. The molecule has 0 unspecified atom stereocenters. The van der Waals surface area contributed by atoms with Crippen LogP contribution in [0.15, 0.2) is 41.5 Å². The van der Waals surface area contributed by atoms with Crippen LogP contribution < -0.4 is 10.5 Å². The van der Waals surface area contributed by atoms with E-state index in [-0.39, 0.29) is 48.0 Å². The quantitative estimate of drug-likeness (QED) is 0.181. The average Bonchev–Trinajstić information content (AvgIpc) is 3.49. The largest absolute Gasteiger partial charge is 0.465 e. The van der Waals surface area contributed by atoms with Crippen LogP contribution in [-0.4, -0.2) is 83.1 Å². The molecule has 0 saturated carbocycles. The lowest BCUT2D eigenvalue weighted by Crippen LogP contribution is -2.56. The second-order valence-electron chi connectivity index (χ2n) is 11.6. The maximum absolute atomic E-state index is 16.5. The fourth-order valence-corrected chi connectivity index (χ4v) is 6.30. The molecule has 1 amide bonds. The van der Waals surface area contributed by atoms with Crippen LogP contribution in [0.3, 0.4) is 0 Å². The monoisotopic (exact) mass is 630 g/mol. The van der Waals surface area contributed by atoms with Gasteiger partial charge >= 0.3 is 17.3 Å². The summed E-state index contributed by atoms with van der Waals surface area (Å²) in [6.45, 7) is 6.33. The predicted octanol–water partition coefficient (Wildman–Crippen LogP) is 4.27. The minimum Gasteiger partial charge on any atom is -0.465 e. The van der Waals surface area contributed by atoms with Gasteiger partial charge in [-0.25, -0.2) is 14.2 Å². The normalized spacial score (nSPS) is 15.3. The molecule has 1 aliphatic heterocycles. The summed E-state index contributed by atoms with van der Waals surface area (Å²) < 4.78 is 17.6. The highest BCUT2D eigenvalue weighted by atomic mass is 19.1. The number of carbonyl (C=O) groups is 1. The van der Waals surface area contributed by atoms with Crippen LogP contribution in [0.4, 0.5) is 20.6 Å². The van der Waals surface area contributed by atoms with Gasteiger partial charge < -0.3 is 20.0 Å². The van der Waals surface area contributed by atoms with Crippen LogP contribution in [0.25, 0.3) is 38.9 Å². The van der Waals surface area contributed by atoms with Crippen molar-refractivity contribution in [2.75, 3.05) is 31.1 Å². The molecule has 5 heterocycles. The Morgan fingerprint density at radius 2 is 1.93 bits per heavy atom. The maximum Gasteiger partial charge on any atom is 0.407 e. The number of piperazine rings is 1. The van der Waals surface area contributed by atoms with Crippen LogP contribution in [0.5, 0.6) is 0 Å². The van der Waals surface area contributed by atoms with Crippen molar-refractivity contribution < 1.29 is 24.3 Å². The minimum absolute atomic E-state index is 0.0512. The number of nitrogens with one attached hydrogen (secondary N) is 1. The predicted molar refractivity (Wildman–Crippen MR) is 168 cm³/mol. The number of carboxylic acid groups (broad SMARTS) is 1. The van der Waals surface area contributed by atoms with Gasteiger partial charge in [0.25, 0.3) is 0 Å². The van der Waals surface area contributed by atoms with Crippen LogP contribution in [0.2, 0.25) is 0 Å². The number of rotatable bonds is 6. The molecular weight excluding hydrogens is 599 g/mol. The Bertz CT molecular complexity index is 2110. The van der Waals surface area contributed by atoms with Gasteiger partial charge in [0.1, 0.15) is 17.2 Å². The zero-order valence-electron chi connectivity index (χ0n) is 25.5. The minimum atomic E-state index is -1.22. The van der Waals surface area contributed by atoms with E-state index in [4.69, 9.17) is 4.98 Å². The van der Waals surface area contributed by atoms with E-state index in [9.17, 15) is 29.9 Å². The lowest BCUT2D eigenvalue weighted by Gasteiger charge is -2.41. The van der Waals surface area contributed by atoms with Gasteiger partial charge in [0.2, 0.25) is 0 Å². The van der Waals surface area contributed by atoms with Crippen molar-refractivity contribution in [3.05, 3.63) is 79.8 Å². The first kappa shape index (κ1) is 30.6. The van der Waals surface area contributed by atoms with E-state index in [1.807, 2.05) is 13.8 Å². The molecule has 1 fully saturated rings. The van der Waals surface area contributed by atoms with E-state index in [2.05, 4.69) is 15.2 Å². The van der Waals surface area contributed by atoms with Crippen molar-refractivity contribution in [3.8, 4) is 16.9 Å². The van der Waals surface area contributed by atoms with Gasteiger partial charge in [-0.3, -0.25) is 29.6 Å². The Morgan fingerprint density at radius 3 is 2.61 bits per heavy atom. The number of H-pyrrole nitrogens is 1. The first-order valence-electron chi connectivity index (χ1n) is 14.6. The molecule has 3 N–H and O–H groups in total. The number of nitro groups is 1. The molecule has 15 heteroatoms. The summed E-state index contributed by atoms with van der Waals surface area (Å²) in [6, 6.07) is 5.42. The molecule has 5 aromatic rings. The molecule has 46 heavy (non-hydrogen) atoms. The number of anilines is 1. The van der Waals surface area contributed by atoms with E-state index in [1.165, 1.54) is 4.90 Å². The van der Waals surface area contributed by atoms with E-state index >= 15 is 4.39 Å². The highest BCUT2D eigenvalue weighted by Crippen LogP contribution is 2.40. The van der Waals surface area contributed by atoms with E-state index < -0.39 is 40.7 Å². The SMILES string of the molecule is Cc1ccnc(C(C)C)c1-n1c(=O)c([N+](=O)[O-])c(N2CCN(C(=O)O)C[C@@H]2CO)c2cc(F)c(-c3c(C)ccc4[nH]ncc34)nc21. The first-order chi connectivity index (χ1) is 21.9. The van der Waals surface area contributed by atoms with Crippen molar-refractivity contribution in [3.63, 3.8) is 0 Å². The van der Waals surface area contributed by atoms with E-state index in [1.54, 1.807) is 44.4 Å². The number of benzene rings is 1. The molecule has 1 saturated heterocycles. The van der Waals surface area contributed by atoms with Gasteiger partial charge in [-0.15, -0.1) is 0 Å². The second-order valence-corrected chi connectivity index (χ2v) is 11.6. The summed E-state index contributed by atoms with van der Waals surface area (Å²) in [7, 11) is 0. The summed E-state index contributed by atoms with van der Waals surface area (Å²) in [5, 5.41) is 40.2. The molecule has 4 aromatic heterocycles. The summed E-state index contributed by atoms with van der Waals surface area (Å²) in [4.78, 5) is 49.9. The average molecular weight is 631 g/mol. The third kappa shape index (κ3) is 4.79. The topological polar surface area (TPSA) is 184 Å².